The number of carbonyl (C=O) groups excluding carboxylic acids is 1. The first-order valence-corrected chi connectivity index (χ1v) is 11.7. The molecule has 0 saturated heterocycles. The maximum absolute atomic E-state index is 13.5. The lowest BCUT2D eigenvalue weighted by Gasteiger charge is -2.18. The van der Waals surface area contributed by atoms with Crippen LogP contribution in [0, 0.1) is 6.92 Å². The molecule has 2 atom stereocenters. The zero-order valence-electron chi connectivity index (χ0n) is 17.2. The standard InChI is InChI=1S/C18H22F3N5O3S2/c1-8-5-6-10-12(8)24-14(18(19,20)21)9(2)13(10)25-16(27)26-31(22,29)11-7-23-15(30-11)17(3,4)28/h7-8,28H,5-6H2,1-4H3,(H3,22,24,25,26,27,29)/t8-,31+/m1/s1. The van der Waals surface area contributed by atoms with E-state index in [-0.39, 0.29) is 32.1 Å². The van der Waals surface area contributed by atoms with Crippen molar-refractivity contribution in [2.45, 2.75) is 62.4 Å². The lowest BCUT2D eigenvalue weighted by atomic mass is 10.0. The number of thiazole rings is 1. The summed E-state index contributed by atoms with van der Waals surface area (Å²) in [5.41, 5.74) is -1.88. The SMILES string of the molecule is Cc1c(C(F)(F)F)nc2c(c1NC(=O)N=[S@](N)(=O)c1cnc(C(C)(C)O)s1)CC[C@H]2C. The Morgan fingerprint density at radius 1 is 1.42 bits per heavy atom. The molecule has 2 amide bonds. The molecule has 31 heavy (non-hydrogen) atoms. The van der Waals surface area contributed by atoms with E-state index >= 15 is 0 Å². The average molecular weight is 478 g/mol. The van der Waals surface area contributed by atoms with Crippen LogP contribution in [-0.2, 0) is 28.1 Å². The molecular formula is C18H22F3N5O3S2. The van der Waals surface area contributed by atoms with Crippen LogP contribution in [0.25, 0.3) is 0 Å². The van der Waals surface area contributed by atoms with Gasteiger partial charge in [0.25, 0.3) is 0 Å². The fraction of sp³-hybridized carbons (Fsp3) is 0.500. The van der Waals surface area contributed by atoms with Gasteiger partial charge in [-0.1, -0.05) is 6.92 Å². The molecule has 13 heteroatoms. The molecule has 0 saturated carbocycles. The van der Waals surface area contributed by atoms with Crippen molar-refractivity contribution in [3.05, 3.63) is 33.7 Å². The van der Waals surface area contributed by atoms with Gasteiger partial charge in [-0.05, 0) is 45.1 Å². The number of hydrogen-bond acceptors (Lipinski definition) is 6. The van der Waals surface area contributed by atoms with Crippen LogP contribution in [0.1, 0.15) is 60.6 Å². The number of aromatic nitrogens is 2. The second-order valence-corrected chi connectivity index (χ2v) is 10.9. The van der Waals surface area contributed by atoms with Crippen molar-refractivity contribution in [2.75, 3.05) is 5.32 Å². The Hall–Kier alpha value is -2.09. The van der Waals surface area contributed by atoms with Crippen LogP contribution in [0.4, 0.5) is 23.7 Å². The fourth-order valence-electron chi connectivity index (χ4n) is 3.32. The van der Waals surface area contributed by atoms with Crippen molar-refractivity contribution in [1.29, 1.82) is 0 Å². The molecule has 0 fully saturated rings. The van der Waals surface area contributed by atoms with Gasteiger partial charge < -0.3 is 10.4 Å². The number of alkyl halides is 3. The maximum Gasteiger partial charge on any atom is 0.433 e. The zero-order chi connectivity index (χ0) is 23.4. The van der Waals surface area contributed by atoms with Crippen molar-refractivity contribution >= 4 is 33.0 Å². The highest BCUT2D eigenvalue weighted by Crippen LogP contribution is 2.42. The first-order valence-electron chi connectivity index (χ1n) is 9.26. The van der Waals surface area contributed by atoms with Gasteiger partial charge in [-0.25, -0.2) is 24.1 Å². The molecule has 0 aromatic carbocycles. The maximum atomic E-state index is 13.5. The van der Waals surface area contributed by atoms with E-state index in [0.29, 0.717) is 18.4 Å². The molecule has 2 aromatic rings. The number of amides is 2. The molecule has 0 aliphatic heterocycles. The number of hydrogen-bond donors (Lipinski definition) is 3. The molecule has 1 aliphatic rings. The molecule has 2 heterocycles. The summed E-state index contributed by atoms with van der Waals surface area (Å²) in [4.78, 5) is 20.2. The topological polar surface area (TPSA) is 131 Å². The van der Waals surface area contributed by atoms with Crippen molar-refractivity contribution in [1.82, 2.24) is 9.97 Å². The number of nitrogens with zero attached hydrogens (tertiary/aromatic N) is 3. The molecule has 1 aliphatic carbocycles. The van der Waals surface area contributed by atoms with Crippen LogP contribution in [0.5, 0.6) is 0 Å². The van der Waals surface area contributed by atoms with Gasteiger partial charge in [-0.2, -0.15) is 13.2 Å². The van der Waals surface area contributed by atoms with E-state index < -0.39 is 33.4 Å². The summed E-state index contributed by atoms with van der Waals surface area (Å²) in [5.74, 6) is -0.194. The second kappa shape index (κ2) is 7.80. The van der Waals surface area contributed by atoms with E-state index in [2.05, 4.69) is 19.6 Å². The number of carbonyl (C=O) groups is 1. The molecule has 4 N–H and O–H groups in total. The minimum Gasteiger partial charge on any atom is -0.383 e. The number of urea groups is 1. The molecular weight excluding hydrogens is 455 g/mol. The van der Waals surface area contributed by atoms with E-state index in [9.17, 15) is 27.3 Å². The lowest BCUT2D eigenvalue weighted by molar-refractivity contribution is -0.141. The van der Waals surface area contributed by atoms with Crippen molar-refractivity contribution in [2.24, 2.45) is 9.50 Å². The summed E-state index contributed by atoms with van der Waals surface area (Å²) in [6.45, 7) is 5.93. The van der Waals surface area contributed by atoms with Crippen molar-refractivity contribution in [3.8, 4) is 0 Å². The summed E-state index contributed by atoms with van der Waals surface area (Å²) in [6.07, 6.45) is -2.51. The minimum atomic E-state index is -4.70. The first-order chi connectivity index (χ1) is 14.1. The molecule has 0 unspecified atom stereocenters. The summed E-state index contributed by atoms with van der Waals surface area (Å²) in [5, 5.41) is 18.3. The smallest absolute Gasteiger partial charge is 0.383 e. The highest BCUT2D eigenvalue weighted by molar-refractivity contribution is 7.93. The lowest BCUT2D eigenvalue weighted by Crippen LogP contribution is -2.20. The summed E-state index contributed by atoms with van der Waals surface area (Å²) in [7, 11) is -3.73. The Bertz CT molecular complexity index is 1160. The number of rotatable bonds is 3. The van der Waals surface area contributed by atoms with Crippen LogP contribution < -0.4 is 10.5 Å². The monoisotopic (exact) mass is 477 g/mol. The highest BCUT2D eigenvalue weighted by Gasteiger charge is 2.39. The molecule has 8 nitrogen and oxygen atoms in total. The van der Waals surface area contributed by atoms with E-state index in [1.54, 1.807) is 6.92 Å². The van der Waals surface area contributed by atoms with E-state index in [4.69, 9.17) is 5.14 Å². The molecule has 0 radical (unpaired) electrons. The van der Waals surface area contributed by atoms with E-state index in [1.807, 2.05) is 0 Å². The Labute approximate surface area is 181 Å². The van der Waals surface area contributed by atoms with Gasteiger partial charge in [0.05, 0.1) is 11.9 Å². The third kappa shape index (κ3) is 4.73. The third-order valence-corrected chi connectivity index (χ3v) is 8.07. The Balaban J connectivity index is 2.00. The van der Waals surface area contributed by atoms with Gasteiger partial charge in [0.2, 0.25) is 0 Å². The van der Waals surface area contributed by atoms with Crippen LogP contribution in [-0.4, -0.2) is 25.3 Å². The van der Waals surface area contributed by atoms with Gasteiger partial charge in [0.15, 0.2) is 9.92 Å². The first kappa shape index (κ1) is 23.6. The number of aliphatic hydroxyl groups is 1. The van der Waals surface area contributed by atoms with Gasteiger partial charge in [-0.3, -0.25) is 0 Å². The fourth-order valence-corrected chi connectivity index (χ4v) is 5.39. The molecule has 0 bridgehead atoms. The van der Waals surface area contributed by atoms with Crippen molar-refractivity contribution in [3.63, 3.8) is 0 Å². The summed E-state index contributed by atoms with van der Waals surface area (Å²) >= 11 is 0.830. The zero-order valence-corrected chi connectivity index (χ0v) is 18.8. The number of anilines is 1. The van der Waals surface area contributed by atoms with Crippen LogP contribution in [0.15, 0.2) is 14.8 Å². The van der Waals surface area contributed by atoms with Crippen molar-refractivity contribution < 1.29 is 27.3 Å². The number of pyridine rings is 1. The molecule has 170 valence electrons. The Morgan fingerprint density at radius 2 is 2.06 bits per heavy atom. The predicted molar refractivity (Wildman–Crippen MR) is 110 cm³/mol. The Morgan fingerprint density at radius 3 is 2.61 bits per heavy atom. The number of nitrogens with two attached hydrogens (primary N) is 1. The van der Waals surface area contributed by atoms with E-state index in [1.165, 1.54) is 20.8 Å². The number of nitrogens with one attached hydrogen (secondary N) is 1. The molecule has 0 spiro atoms. The Kier molecular flexibility index (Phi) is 5.93. The van der Waals surface area contributed by atoms with Crippen LogP contribution in [0.2, 0.25) is 0 Å². The normalized spacial score (nSPS) is 18.4. The van der Waals surface area contributed by atoms with Gasteiger partial charge in [0, 0.05) is 11.3 Å². The third-order valence-electron chi connectivity index (χ3n) is 4.88. The number of fused-ring (bicyclic) bond motifs is 1. The van der Waals surface area contributed by atoms with E-state index in [0.717, 1.165) is 17.5 Å². The predicted octanol–water partition coefficient (Wildman–Crippen LogP) is 4.08. The second-order valence-electron chi connectivity index (χ2n) is 7.90. The molecule has 2 aromatic heterocycles. The summed E-state index contributed by atoms with van der Waals surface area (Å²) < 4.78 is 56.6. The largest absolute Gasteiger partial charge is 0.433 e. The summed E-state index contributed by atoms with van der Waals surface area (Å²) in [6, 6.07) is -1.14. The van der Waals surface area contributed by atoms with Gasteiger partial charge >= 0.3 is 12.2 Å². The van der Waals surface area contributed by atoms with Crippen LogP contribution >= 0.6 is 11.3 Å². The highest BCUT2D eigenvalue weighted by atomic mass is 32.2. The van der Waals surface area contributed by atoms with Gasteiger partial charge in [0.1, 0.15) is 20.5 Å². The van der Waals surface area contributed by atoms with Crippen LogP contribution in [0.3, 0.4) is 0 Å². The number of halogens is 3. The quantitative estimate of drug-likeness (QED) is 0.613. The average Bonchev–Trinajstić information content (AvgIpc) is 3.23. The molecule has 3 rings (SSSR count). The minimum absolute atomic E-state index is 0.0351. The van der Waals surface area contributed by atoms with Gasteiger partial charge in [-0.15, -0.1) is 15.7 Å².